The number of benzene rings is 1. The van der Waals surface area contributed by atoms with E-state index in [1.54, 1.807) is 18.0 Å². The van der Waals surface area contributed by atoms with Gasteiger partial charge >= 0.3 is 0 Å². The standard InChI is InChI=1S/C15H14N2O2S/c1-10-8-20-14-13(10)16-9-17(15(14)18)7-11-4-3-5-12(6-11)19-2/h3-6,8-9H,7H2,1-2H3. The van der Waals surface area contributed by atoms with E-state index in [4.69, 9.17) is 4.74 Å². The van der Waals surface area contributed by atoms with Crippen molar-refractivity contribution in [3.8, 4) is 5.75 Å². The van der Waals surface area contributed by atoms with E-state index in [2.05, 4.69) is 4.98 Å². The molecule has 1 aromatic carbocycles. The predicted octanol–water partition coefficient (Wildman–Crippen LogP) is 2.82. The number of aromatic nitrogens is 2. The van der Waals surface area contributed by atoms with Crippen LogP contribution in [0.2, 0.25) is 0 Å². The van der Waals surface area contributed by atoms with Gasteiger partial charge in [-0.3, -0.25) is 9.36 Å². The summed E-state index contributed by atoms with van der Waals surface area (Å²) in [4.78, 5) is 16.8. The van der Waals surface area contributed by atoms with E-state index in [1.165, 1.54) is 11.3 Å². The summed E-state index contributed by atoms with van der Waals surface area (Å²) in [5.74, 6) is 0.788. The predicted molar refractivity (Wildman–Crippen MR) is 80.7 cm³/mol. The third-order valence-electron chi connectivity index (χ3n) is 3.21. The number of aryl methyl sites for hydroxylation is 1. The minimum atomic E-state index is 0.0101. The molecule has 5 heteroatoms. The van der Waals surface area contributed by atoms with Crippen molar-refractivity contribution < 1.29 is 4.74 Å². The Balaban J connectivity index is 2.02. The molecule has 0 aliphatic heterocycles. The molecule has 102 valence electrons. The lowest BCUT2D eigenvalue weighted by Gasteiger charge is -2.07. The maximum absolute atomic E-state index is 12.4. The van der Waals surface area contributed by atoms with Crippen molar-refractivity contribution in [2.24, 2.45) is 0 Å². The molecule has 0 unspecified atom stereocenters. The molecule has 20 heavy (non-hydrogen) atoms. The Morgan fingerprint density at radius 2 is 2.25 bits per heavy atom. The number of hydrogen-bond acceptors (Lipinski definition) is 4. The van der Waals surface area contributed by atoms with Gasteiger partial charge in [0, 0.05) is 0 Å². The maximum Gasteiger partial charge on any atom is 0.271 e. The number of rotatable bonds is 3. The SMILES string of the molecule is COc1cccc(Cn2cnc3c(C)csc3c2=O)c1. The second-order valence-corrected chi connectivity index (χ2v) is 5.51. The van der Waals surface area contributed by atoms with Gasteiger partial charge in [0.05, 0.1) is 25.5 Å². The number of thiophene rings is 1. The van der Waals surface area contributed by atoms with Crippen LogP contribution < -0.4 is 10.3 Å². The highest BCUT2D eigenvalue weighted by Crippen LogP contribution is 2.20. The summed E-state index contributed by atoms with van der Waals surface area (Å²) in [6, 6.07) is 7.70. The fourth-order valence-electron chi connectivity index (χ4n) is 2.14. The molecule has 0 saturated heterocycles. The molecule has 3 aromatic rings. The first kappa shape index (κ1) is 12.9. The van der Waals surface area contributed by atoms with Gasteiger partial charge in [-0.1, -0.05) is 12.1 Å². The molecule has 0 radical (unpaired) electrons. The zero-order valence-corrected chi connectivity index (χ0v) is 12.1. The molecule has 2 heterocycles. The Morgan fingerprint density at radius 3 is 3.05 bits per heavy atom. The minimum absolute atomic E-state index is 0.0101. The van der Waals surface area contributed by atoms with Crippen LogP contribution in [0.1, 0.15) is 11.1 Å². The summed E-state index contributed by atoms with van der Waals surface area (Å²) in [6.07, 6.45) is 1.61. The van der Waals surface area contributed by atoms with Gasteiger partial charge in [-0.15, -0.1) is 11.3 Å². The van der Waals surface area contributed by atoms with Crippen LogP contribution >= 0.6 is 11.3 Å². The van der Waals surface area contributed by atoms with E-state index in [-0.39, 0.29) is 5.56 Å². The van der Waals surface area contributed by atoms with E-state index in [1.807, 2.05) is 36.6 Å². The fraction of sp³-hybridized carbons (Fsp3) is 0.200. The molecule has 3 rings (SSSR count). The summed E-state index contributed by atoms with van der Waals surface area (Å²) < 4.78 is 7.54. The molecular formula is C15H14N2O2S. The number of ether oxygens (including phenoxy) is 1. The van der Waals surface area contributed by atoms with Crippen LogP contribution in [0.5, 0.6) is 5.75 Å². The molecule has 0 fully saturated rings. The molecule has 0 bridgehead atoms. The van der Waals surface area contributed by atoms with Gasteiger partial charge in [0.2, 0.25) is 0 Å². The normalized spacial score (nSPS) is 10.9. The fourth-order valence-corrected chi connectivity index (χ4v) is 3.09. The zero-order valence-electron chi connectivity index (χ0n) is 11.3. The topological polar surface area (TPSA) is 44.1 Å². The average Bonchev–Trinajstić information content (AvgIpc) is 2.84. The molecule has 0 aliphatic rings. The highest BCUT2D eigenvalue weighted by atomic mass is 32.1. The molecule has 4 nitrogen and oxygen atoms in total. The molecule has 0 atom stereocenters. The summed E-state index contributed by atoms with van der Waals surface area (Å²) in [5.41, 5.74) is 2.88. The van der Waals surface area contributed by atoms with E-state index < -0.39 is 0 Å². The third kappa shape index (κ3) is 2.20. The van der Waals surface area contributed by atoms with Crippen molar-refractivity contribution in [1.29, 1.82) is 0 Å². The lowest BCUT2D eigenvalue weighted by Crippen LogP contribution is -2.20. The van der Waals surface area contributed by atoms with Gasteiger partial charge < -0.3 is 4.74 Å². The first-order valence-corrected chi connectivity index (χ1v) is 7.13. The van der Waals surface area contributed by atoms with Crippen molar-refractivity contribution >= 4 is 21.6 Å². The molecule has 0 aliphatic carbocycles. The summed E-state index contributed by atoms with van der Waals surface area (Å²) >= 11 is 1.45. The van der Waals surface area contributed by atoms with Gasteiger partial charge in [0.15, 0.2) is 0 Å². The van der Waals surface area contributed by atoms with Crippen LogP contribution in [0.3, 0.4) is 0 Å². The van der Waals surface area contributed by atoms with E-state index in [0.717, 1.165) is 22.4 Å². The second kappa shape index (κ2) is 5.09. The largest absolute Gasteiger partial charge is 0.497 e. The van der Waals surface area contributed by atoms with Gasteiger partial charge in [-0.2, -0.15) is 0 Å². The van der Waals surface area contributed by atoms with E-state index in [0.29, 0.717) is 11.2 Å². The lowest BCUT2D eigenvalue weighted by molar-refractivity contribution is 0.414. The van der Waals surface area contributed by atoms with Crippen LogP contribution in [-0.2, 0) is 6.54 Å². The van der Waals surface area contributed by atoms with Crippen molar-refractivity contribution in [2.45, 2.75) is 13.5 Å². The molecular weight excluding hydrogens is 272 g/mol. The van der Waals surface area contributed by atoms with Gasteiger partial charge in [0.25, 0.3) is 5.56 Å². The van der Waals surface area contributed by atoms with Crippen molar-refractivity contribution in [1.82, 2.24) is 9.55 Å². The Bertz CT molecular complexity index is 820. The maximum atomic E-state index is 12.4. The second-order valence-electron chi connectivity index (χ2n) is 4.63. The third-order valence-corrected chi connectivity index (χ3v) is 4.29. The molecule has 0 spiro atoms. The Labute approximate surface area is 120 Å². The van der Waals surface area contributed by atoms with E-state index in [9.17, 15) is 4.79 Å². The van der Waals surface area contributed by atoms with Gasteiger partial charge in [-0.05, 0) is 35.6 Å². The minimum Gasteiger partial charge on any atom is -0.497 e. The first-order valence-electron chi connectivity index (χ1n) is 6.25. The highest BCUT2D eigenvalue weighted by molar-refractivity contribution is 7.17. The number of fused-ring (bicyclic) bond motifs is 1. The van der Waals surface area contributed by atoms with Crippen molar-refractivity contribution in [2.75, 3.05) is 7.11 Å². The first-order chi connectivity index (χ1) is 9.69. The van der Waals surface area contributed by atoms with Crippen LogP contribution in [-0.4, -0.2) is 16.7 Å². The van der Waals surface area contributed by atoms with Crippen molar-refractivity contribution in [3.63, 3.8) is 0 Å². The Kier molecular flexibility index (Phi) is 3.28. The summed E-state index contributed by atoms with van der Waals surface area (Å²) in [5, 5.41) is 1.97. The number of nitrogens with zero attached hydrogens (tertiary/aromatic N) is 2. The van der Waals surface area contributed by atoms with Crippen LogP contribution in [0.4, 0.5) is 0 Å². The van der Waals surface area contributed by atoms with Crippen LogP contribution in [0.15, 0.2) is 40.8 Å². The van der Waals surface area contributed by atoms with Crippen molar-refractivity contribution in [3.05, 3.63) is 57.5 Å². The molecule has 0 amide bonds. The Morgan fingerprint density at radius 1 is 1.40 bits per heavy atom. The summed E-state index contributed by atoms with van der Waals surface area (Å²) in [7, 11) is 1.63. The zero-order chi connectivity index (χ0) is 14.1. The molecule has 0 saturated carbocycles. The smallest absolute Gasteiger partial charge is 0.271 e. The average molecular weight is 286 g/mol. The van der Waals surface area contributed by atoms with Gasteiger partial charge in [-0.25, -0.2) is 4.98 Å². The molecule has 2 aromatic heterocycles. The number of hydrogen-bond donors (Lipinski definition) is 0. The van der Waals surface area contributed by atoms with Gasteiger partial charge in [0.1, 0.15) is 10.4 Å². The van der Waals surface area contributed by atoms with Crippen LogP contribution in [0.25, 0.3) is 10.2 Å². The lowest BCUT2D eigenvalue weighted by atomic mass is 10.2. The highest BCUT2D eigenvalue weighted by Gasteiger charge is 2.08. The van der Waals surface area contributed by atoms with Crippen LogP contribution in [0, 0.1) is 6.92 Å². The van der Waals surface area contributed by atoms with E-state index >= 15 is 0 Å². The Hall–Kier alpha value is -2.14. The monoisotopic (exact) mass is 286 g/mol. The number of methoxy groups -OCH3 is 1. The molecule has 0 N–H and O–H groups in total. The quantitative estimate of drug-likeness (QED) is 0.743. The summed E-state index contributed by atoms with van der Waals surface area (Å²) in [6.45, 7) is 2.47.